The Labute approximate surface area is 156 Å². The maximum absolute atomic E-state index is 13.4. The number of hydrogen-bond acceptors (Lipinski definition) is 3. The second kappa shape index (κ2) is 6.87. The van der Waals surface area contributed by atoms with Crippen LogP contribution < -0.4 is 10.1 Å². The lowest BCUT2D eigenvalue weighted by molar-refractivity contribution is 0.102. The molecule has 5 nitrogen and oxygen atoms in total. The molecule has 0 radical (unpaired) electrons. The van der Waals surface area contributed by atoms with Crippen LogP contribution in [0.4, 0.5) is 10.1 Å². The Kier molecular flexibility index (Phi) is 4.39. The first-order chi connectivity index (χ1) is 13.1. The highest BCUT2D eigenvalue weighted by molar-refractivity contribution is 6.05. The summed E-state index contributed by atoms with van der Waals surface area (Å²) in [6.45, 7) is 2.03. The van der Waals surface area contributed by atoms with Gasteiger partial charge in [0.25, 0.3) is 5.91 Å². The summed E-state index contributed by atoms with van der Waals surface area (Å²) in [5.74, 6) is -0.462. The molecule has 1 aliphatic rings. The molecular weight excluding hydrogens is 345 g/mol. The van der Waals surface area contributed by atoms with Crippen LogP contribution in [0.2, 0.25) is 0 Å². The number of carbonyl (C=O) groups excluding carboxylic acids is 1. The molecular formula is C21H20FN3O2. The minimum Gasteiger partial charge on any atom is -0.494 e. The molecule has 1 aromatic heterocycles. The molecule has 0 aliphatic heterocycles. The van der Waals surface area contributed by atoms with Gasteiger partial charge in [-0.25, -0.2) is 9.07 Å². The molecule has 1 aliphatic carbocycles. The number of hydrogen-bond donors (Lipinski definition) is 1. The third kappa shape index (κ3) is 3.18. The number of ether oxygens (including phenoxy) is 1. The van der Waals surface area contributed by atoms with Crippen LogP contribution >= 0.6 is 0 Å². The largest absolute Gasteiger partial charge is 0.494 e. The average molecular weight is 365 g/mol. The lowest BCUT2D eigenvalue weighted by Crippen LogP contribution is -2.15. The van der Waals surface area contributed by atoms with E-state index in [4.69, 9.17) is 4.74 Å². The zero-order valence-electron chi connectivity index (χ0n) is 15.3. The Morgan fingerprint density at radius 1 is 1.19 bits per heavy atom. The Balaban J connectivity index is 1.69. The number of anilines is 1. The van der Waals surface area contributed by atoms with Crippen LogP contribution in [-0.2, 0) is 12.8 Å². The number of aromatic nitrogens is 2. The van der Waals surface area contributed by atoms with Crippen molar-refractivity contribution in [2.75, 3.05) is 12.4 Å². The quantitative estimate of drug-likeness (QED) is 0.758. The highest BCUT2D eigenvalue weighted by Crippen LogP contribution is 2.30. The Morgan fingerprint density at radius 2 is 1.96 bits per heavy atom. The predicted molar refractivity (Wildman–Crippen MR) is 101 cm³/mol. The van der Waals surface area contributed by atoms with Crippen LogP contribution in [0.25, 0.3) is 5.69 Å². The van der Waals surface area contributed by atoms with E-state index in [1.54, 1.807) is 0 Å². The smallest absolute Gasteiger partial charge is 0.276 e. The van der Waals surface area contributed by atoms with Gasteiger partial charge in [-0.1, -0.05) is 17.7 Å². The highest BCUT2D eigenvalue weighted by atomic mass is 19.1. The summed E-state index contributed by atoms with van der Waals surface area (Å²) in [5.41, 5.74) is 5.00. The van der Waals surface area contributed by atoms with E-state index in [2.05, 4.69) is 10.4 Å². The van der Waals surface area contributed by atoms with E-state index in [-0.39, 0.29) is 11.7 Å². The van der Waals surface area contributed by atoms with Crippen LogP contribution in [0.3, 0.4) is 0 Å². The van der Waals surface area contributed by atoms with Gasteiger partial charge in [-0.15, -0.1) is 0 Å². The Hall–Kier alpha value is -3.15. The standard InChI is InChI=1S/C21H20FN3O2/c1-13-6-9-15(10-7-13)25-18-5-3-4-16(18)20(24-25)21(26)23-17-11-8-14(22)12-19(17)27-2/h6-12H,3-5H2,1-2H3,(H,23,26). The zero-order chi connectivity index (χ0) is 19.0. The van der Waals surface area contributed by atoms with Crippen molar-refractivity contribution in [1.82, 2.24) is 9.78 Å². The van der Waals surface area contributed by atoms with Crippen molar-refractivity contribution < 1.29 is 13.9 Å². The molecule has 0 bridgehead atoms. The zero-order valence-corrected chi connectivity index (χ0v) is 15.3. The van der Waals surface area contributed by atoms with Gasteiger partial charge in [0.05, 0.1) is 18.5 Å². The first kappa shape index (κ1) is 17.3. The maximum atomic E-state index is 13.4. The summed E-state index contributed by atoms with van der Waals surface area (Å²) in [5, 5.41) is 7.39. The van der Waals surface area contributed by atoms with Gasteiger partial charge in [0, 0.05) is 17.3 Å². The van der Waals surface area contributed by atoms with Gasteiger partial charge in [0.2, 0.25) is 0 Å². The number of amides is 1. The molecule has 1 amide bonds. The van der Waals surface area contributed by atoms with E-state index in [1.807, 2.05) is 35.9 Å². The van der Waals surface area contributed by atoms with Crippen LogP contribution in [-0.4, -0.2) is 22.8 Å². The van der Waals surface area contributed by atoms with E-state index < -0.39 is 5.82 Å². The maximum Gasteiger partial charge on any atom is 0.276 e. The van der Waals surface area contributed by atoms with Gasteiger partial charge >= 0.3 is 0 Å². The number of rotatable bonds is 4. The number of carbonyl (C=O) groups is 1. The summed E-state index contributed by atoms with van der Waals surface area (Å²) in [6, 6.07) is 12.1. The van der Waals surface area contributed by atoms with Crippen LogP contribution in [0, 0.1) is 12.7 Å². The molecule has 1 N–H and O–H groups in total. The van der Waals surface area contributed by atoms with Crippen molar-refractivity contribution in [2.45, 2.75) is 26.2 Å². The first-order valence-corrected chi connectivity index (χ1v) is 8.89. The number of methoxy groups -OCH3 is 1. The number of aryl methyl sites for hydroxylation is 1. The third-order valence-corrected chi connectivity index (χ3v) is 4.84. The lowest BCUT2D eigenvalue weighted by atomic mass is 10.2. The van der Waals surface area contributed by atoms with Gasteiger partial charge in [-0.2, -0.15) is 5.10 Å². The van der Waals surface area contributed by atoms with E-state index in [0.717, 1.165) is 36.2 Å². The number of fused-ring (bicyclic) bond motifs is 1. The van der Waals surface area contributed by atoms with Gasteiger partial charge in [-0.3, -0.25) is 4.79 Å². The second-order valence-corrected chi connectivity index (χ2v) is 6.67. The molecule has 4 rings (SSSR count). The van der Waals surface area contributed by atoms with Gasteiger partial charge in [0.1, 0.15) is 11.6 Å². The van der Waals surface area contributed by atoms with Crippen molar-refractivity contribution in [3.8, 4) is 11.4 Å². The molecule has 3 aromatic rings. The SMILES string of the molecule is COc1cc(F)ccc1NC(=O)c1nn(-c2ccc(C)cc2)c2c1CCC2. The van der Waals surface area contributed by atoms with Crippen LogP contribution in [0.1, 0.15) is 33.7 Å². The summed E-state index contributed by atoms with van der Waals surface area (Å²) < 4.78 is 20.4. The van der Waals surface area contributed by atoms with E-state index in [9.17, 15) is 9.18 Å². The lowest BCUT2D eigenvalue weighted by Gasteiger charge is -2.09. The predicted octanol–water partition coefficient (Wildman–Crippen LogP) is 4.07. The van der Waals surface area contributed by atoms with Crippen molar-refractivity contribution in [3.63, 3.8) is 0 Å². The third-order valence-electron chi connectivity index (χ3n) is 4.84. The van der Waals surface area contributed by atoms with Gasteiger partial charge in [-0.05, 0) is 50.5 Å². The molecule has 0 fully saturated rings. The molecule has 2 aromatic carbocycles. The molecule has 0 unspecified atom stereocenters. The molecule has 1 heterocycles. The number of halogens is 1. The van der Waals surface area contributed by atoms with Gasteiger partial charge in [0.15, 0.2) is 5.69 Å². The summed E-state index contributed by atoms with van der Waals surface area (Å²) in [6.07, 6.45) is 2.72. The molecule has 0 saturated carbocycles. The number of benzene rings is 2. The van der Waals surface area contributed by atoms with E-state index in [0.29, 0.717) is 11.4 Å². The summed E-state index contributed by atoms with van der Waals surface area (Å²) >= 11 is 0. The molecule has 0 spiro atoms. The van der Waals surface area contributed by atoms with Crippen molar-refractivity contribution in [2.24, 2.45) is 0 Å². The fourth-order valence-corrected chi connectivity index (χ4v) is 3.47. The minimum absolute atomic E-state index is 0.276. The average Bonchev–Trinajstić information content (AvgIpc) is 3.26. The van der Waals surface area contributed by atoms with Crippen molar-refractivity contribution >= 4 is 11.6 Å². The molecule has 0 atom stereocenters. The fourth-order valence-electron chi connectivity index (χ4n) is 3.47. The van der Waals surface area contributed by atoms with Crippen LogP contribution in [0.5, 0.6) is 5.75 Å². The monoisotopic (exact) mass is 365 g/mol. The first-order valence-electron chi connectivity index (χ1n) is 8.89. The summed E-state index contributed by atoms with van der Waals surface area (Å²) in [4.78, 5) is 12.9. The Bertz CT molecular complexity index is 1010. The highest BCUT2D eigenvalue weighted by Gasteiger charge is 2.27. The fraction of sp³-hybridized carbons (Fsp3) is 0.238. The Morgan fingerprint density at radius 3 is 2.70 bits per heavy atom. The second-order valence-electron chi connectivity index (χ2n) is 6.67. The van der Waals surface area contributed by atoms with E-state index >= 15 is 0 Å². The van der Waals surface area contributed by atoms with Crippen molar-refractivity contribution in [1.29, 1.82) is 0 Å². The van der Waals surface area contributed by atoms with Gasteiger partial charge < -0.3 is 10.1 Å². The van der Waals surface area contributed by atoms with E-state index in [1.165, 1.54) is 30.9 Å². The molecule has 6 heteroatoms. The summed E-state index contributed by atoms with van der Waals surface area (Å²) in [7, 11) is 1.44. The minimum atomic E-state index is -0.422. The topological polar surface area (TPSA) is 56.1 Å². The number of nitrogens with zero attached hydrogens (tertiary/aromatic N) is 2. The molecule has 0 saturated heterocycles. The normalized spacial score (nSPS) is 12.7. The molecule has 27 heavy (non-hydrogen) atoms. The van der Waals surface area contributed by atoms with Crippen molar-refractivity contribution in [3.05, 3.63) is 70.8 Å². The van der Waals surface area contributed by atoms with Crippen LogP contribution in [0.15, 0.2) is 42.5 Å². The molecule has 138 valence electrons. The number of nitrogens with one attached hydrogen (secondary N) is 1.